The van der Waals surface area contributed by atoms with Gasteiger partial charge in [0.05, 0.1) is 31.6 Å². The Morgan fingerprint density at radius 2 is 1.73 bits per heavy atom. The second-order valence-corrected chi connectivity index (χ2v) is 6.19. The number of ether oxygens (including phenoxy) is 2. The summed E-state index contributed by atoms with van der Waals surface area (Å²) >= 11 is 0. The number of esters is 2. The highest BCUT2D eigenvalue weighted by Crippen LogP contribution is 2.50. The molecule has 0 heterocycles. The predicted molar refractivity (Wildman–Crippen MR) is 94.6 cm³/mol. The number of nitriles is 1. The summed E-state index contributed by atoms with van der Waals surface area (Å²) in [5.41, 5.74) is 5.21. The average Bonchev–Trinajstić information content (AvgIpc) is 2.99. The summed E-state index contributed by atoms with van der Waals surface area (Å²) in [5.74, 6) is -2.14. The van der Waals surface area contributed by atoms with Crippen LogP contribution in [0.1, 0.15) is 17.9 Å². The summed E-state index contributed by atoms with van der Waals surface area (Å²) in [4.78, 5) is 24.9. The van der Waals surface area contributed by atoms with Gasteiger partial charge < -0.3 is 15.2 Å². The number of rotatable bonds is 3. The zero-order valence-electron chi connectivity index (χ0n) is 14.5. The molecule has 0 saturated carbocycles. The zero-order valence-corrected chi connectivity index (χ0v) is 14.5. The highest BCUT2D eigenvalue weighted by molar-refractivity contribution is 6.04. The molecule has 132 valence electrons. The van der Waals surface area contributed by atoms with Gasteiger partial charge in [0.2, 0.25) is 5.41 Å². The molecule has 2 aromatic rings. The first-order valence-electron chi connectivity index (χ1n) is 8.05. The quantitative estimate of drug-likeness (QED) is 0.673. The summed E-state index contributed by atoms with van der Waals surface area (Å²) in [5, 5.41) is 11.7. The fourth-order valence-electron chi connectivity index (χ4n) is 3.60. The first-order valence-corrected chi connectivity index (χ1v) is 8.05. The summed E-state index contributed by atoms with van der Waals surface area (Å²) < 4.78 is 9.63. The molecule has 0 saturated heterocycles. The van der Waals surface area contributed by atoms with Gasteiger partial charge in [-0.25, -0.2) is 0 Å². The third-order valence-corrected chi connectivity index (χ3v) is 4.97. The minimum absolute atomic E-state index is 0.000582. The molecular formula is C20H18N2O4. The van der Waals surface area contributed by atoms with Crippen molar-refractivity contribution in [1.82, 2.24) is 0 Å². The summed E-state index contributed by atoms with van der Waals surface area (Å²) in [6, 6.07) is 15.6. The molecule has 6 nitrogen and oxygen atoms in total. The van der Waals surface area contributed by atoms with E-state index < -0.39 is 23.3 Å². The van der Waals surface area contributed by atoms with E-state index in [1.54, 1.807) is 0 Å². The number of methoxy groups -OCH3 is 2. The van der Waals surface area contributed by atoms with E-state index in [-0.39, 0.29) is 17.7 Å². The third kappa shape index (κ3) is 2.40. The number of benzene rings is 2. The molecule has 2 aromatic carbocycles. The van der Waals surface area contributed by atoms with Crippen LogP contribution in [0.15, 0.2) is 53.7 Å². The Bertz CT molecular complexity index is 955. The second-order valence-electron chi connectivity index (χ2n) is 6.19. The Labute approximate surface area is 150 Å². The van der Waals surface area contributed by atoms with E-state index in [9.17, 15) is 14.9 Å². The molecule has 0 aromatic heterocycles. The number of allylic oxidation sites excluding steroid dienone is 1. The minimum Gasteiger partial charge on any atom is -0.468 e. The number of fused-ring (bicyclic) bond motifs is 1. The van der Waals surface area contributed by atoms with Gasteiger partial charge >= 0.3 is 11.9 Å². The molecule has 0 spiro atoms. The summed E-state index contributed by atoms with van der Waals surface area (Å²) in [6.07, 6.45) is -0.000582. The molecule has 0 aliphatic heterocycles. The van der Waals surface area contributed by atoms with Gasteiger partial charge in [-0.05, 0) is 22.8 Å². The Balaban J connectivity index is 2.16. The topological polar surface area (TPSA) is 102 Å². The van der Waals surface area contributed by atoms with Crippen molar-refractivity contribution in [3.63, 3.8) is 0 Å². The monoisotopic (exact) mass is 350 g/mol. The van der Waals surface area contributed by atoms with Crippen molar-refractivity contribution in [2.24, 2.45) is 11.1 Å². The van der Waals surface area contributed by atoms with E-state index in [1.165, 1.54) is 14.2 Å². The Hall–Kier alpha value is -3.33. The lowest BCUT2D eigenvalue weighted by Crippen LogP contribution is -2.43. The van der Waals surface area contributed by atoms with Crippen LogP contribution in [0.3, 0.4) is 0 Å². The number of carbonyl (C=O) groups is 2. The maximum Gasteiger partial charge on any atom is 0.329 e. The minimum atomic E-state index is -1.80. The molecule has 1 unspecified atom stereocenters. The van der Waals surface area contributed by atoms with Gasteiger partial charge in [0.1, 0.15) is 0 Å². The molecule has 2 N–H and O–H groups in total. The average molecular weight is 350 g/mol. The molecule has 1 atom stereocenters. The Morgan fingerprint density at radius 3 is 2.31 bits per heavy atom. The molecule has 1 aliphatic rings. The molecule has 1 aliphatic carbocycles. The van der Waals surface area contributed by atoms with Gasteiger partial charge in [0, 0.05) is 5.92 Å². The fraction of sp³-hybridized carbons (Fsp3) is 0.250. The summed E-state index contributed by atoms with van der Waals surface area (Å²) in [7, 11) is 2.35. The molecule has 0 radical (unpaired) electrons. The normalized spacial score (nSPS) is 18.4. The van der Waals surface area contributed by atoms with Crippen molar-refractivity contribution in [1.29, 1.82) is 5.26 Å². The van der Waals surface area contributed by atoms with Gasteiger partial charge in [0.25, 0.3) is 0 Å². The van der Waals surface area contributed by atoms with Crippen molar-refractivity contribution >= 4 is 22.7 Å². The standard InChI is InChI=1S/C20H18N2O4/c1-25-18(23)20(19(24)26-2)10-15(16(11-21)17(20)22)14-8-7-12-5-3-4-6-13(12)9-14/h3-9,15H,10,22H2,1-2H3. The molecular weight excluding hydrogens is 332 g/mol. The number of hydrogen-bond acceptors (Lipinski definition) is 6. The van der Waals surface area contributed by atoms with Crippen molar-refractivity contribution < 1.29 is 19.1 Å². The third-order valence-electron chi connectivity index (χ3n) is 4.97. The van der Waals surface area contributed by atoms with Crippen molar-refractivity contribution in [2.75, 3.05) is 14.2 Å². The SMILES string of the molecule is COC(=O)C1(C(=O)OC)CC(c2ccc3ccccc3c2)C(C#N)=C1N. The van der Waals surface area contributed by atoms with E-state index in [0.29, 0.717) is 0 Å². The first kappa shape index (κ1) is 17.5. The van der Waals surface area contributed by atoms with Gasteiger partial charge in [-0.1, -0.05) is 42.5 Å². The summed E-state index contributed by atoms with van der Waals surface area (Å²) in [6.45, 7) is 0. The highest BCUT2D eigenvalue weighted by Gasteiger charge is 2.58. The fourth-order valence-corrected chi connectivity index (χ4v) is 3.60. The Morgan fingerprint density at radius 1 is 1.12 bits per heavy atom. The van der Waals surface area contributed by atoms with Crippen LogP contribution in [0.2, 0.25) is 0 Å². The van der Waals surface area contributed by atoms with Crippen molar-refractivity contribution in [3.8, 4) is 6.07 Å². The van der Waals surface area contributed by atoms with Crippen LogP contribution in [0.25, 0.3) is 10.8 Å². The number of carbonyl (C=O) groups excluding carboxylic acids is 2. The number of hydrogen-bond donors (Lipinski definition) is 1. The molecule has 6 heteroatoms. The van der Waals surface area contributed by atoms with Crippen LogP contribution in [-0.4, -0.2) is 26.2 Å². The zero-order chi connectivity index (χ0) is 18.9. The smallest absolute Gasteiger partial charge is 0.329 e. The maximum absolute atomic E-state index is 12.5. The molecule has 26 heavy (non-hydrogen) atoms. The van der Waals surface area contributed by atoms with E-state index in [1.807, 2.05) is 42.5 Å². The number of nitrogens with zero attached hydrogens (tertiary/aromatic N) is 1. The lowest BCUT2D eigenvalue weighted by Gasteiger charge is -2.25. The van der Waals surface area contributed by atoms with Gasteiger partial charge in [-0.2, -0.15) is 5.26 Å². The lowest BCUT2D eigenvalue weighted by atomic mass is 9.81. The first-order chi connectivity index (χ1) is 12.5. The van der Waals surface area contributed by atoms with Crippen molar-refractivity contribution in [3.05, 3.63) is 59.3 Å². The Kier molecular flexibility index (Phi) is 4.39. The van der Waals surface area contributed by atoms with Gasteiger partial charge in [-0.15, -0.1) is 0 Å². The van der Waals surface area contributed by atoms with Crippen LogP contribution in [0.5, 0.6) is 0 Å². The molecule has 0 amide bonds. The van der Waals surface area contributed by atoms with Gasteiger partial charge in [0.15, 0.2) is 0 Å². The van der Waals surface area contributed by atoms with Crippen LogP contribution < -0.4 is 5.73 Å². The van der Waals surface area contributed by atoms with Crippen LogP contribution in [0, 0.1) is 16.7 Å². The van der Waals surface area contributed by atoms with E-state index >= 15 is 0 Å². The largest absolute Gasteiger partial charge is 0.468 e. The number of nitrogens with two attached hydrogens (primary N) is 1. The van der Waals surface area contributed by atoms with Gasteiger partial charge in [-0.3, -0.25) is 9.59 Å². The van der Waals surface area contributed by atoms with Crippen LogP contribution in [0.4, 0.5) is 0 Å². The van der Waals surface area contributed by atoms with Crippen molar-refractivity contribution in [2.45, 2.75) is 12.3 Å². The van der Waals surface area contributed by atoms with E-state index in [4.69, 9.17) is 15.2 Å². The molecule has 0 bridgehead atoms. The molecule has 0 fully saturated rings. The molecule has 3 rings (SSSR count). The highest BCUT2D eigenvalue weighted by atomic mass is 16.5. The van der Waals surface area contributed by atoms with E-state index in [0.717, 1.165) is 16.3 Å². The lowest BCUT2D eigenvalue weighted by molar-refractivity contribution is -0.166. The predicted octanol–water partition coefficient (Wildman–Crippen LogP) is 2.40. The maximum atomic E-state index is 12.5. The van der Waals surface area contributed by atoms with Crippen LogP contribution in [-0.2, 0) is 19.1 Å². The van der Waals surface area contributed by atoms with E-state index in [2.05, 4.69) is 6.07 Å². The van der Waals surface area contributed by atoms with Crippen LogP contribution >= 0.6 is 0 Å². The second kappa shape index (κ2) is 6.52.